The van der Waals surface area contributed by atoms with Crippen molar-refractivity contribution in [2.75, 3.05) is 6.61 Å². The van der Waals surface area contributed by atoms with E-state index in [1.54, 1.807) is 24.7 Å². The third-order valence-electron chi connectivity index (χ3n) is 3.67. The molecule has 0 saturated heterocycles. The number of rotatable bonds is 5. The monoisotopic (exact) mass is 343 g/mol. The number of hydrogen-bond acceptors (Lipinski definition) is 7. The number of furan rings is 1. The highest BCUT2D eigenvalue weighted by Crippen LogP contribution is 2.18. The normalized spacial score (nSPS) is 10.8. The quantitative estimate of drug-likeness (QED) is 0.656. The number of fused-ring (bicyclic) bond motifs is 1. The molecule has 3 heterocycles. The zero-order chi connectivity index (χ0) is 18.0. The first-order chi connectivity index (χ1) is 12.0. The number of carbonyl (C=O) groups is 2. The molecule has 0 aliphatic rings. The van der Waals surface area contributed by atoms with Gasteiger partial charge >= 0.3 is 11.9 Å². The van der Waals surface area contributed by atoms with Crippen molar-refractivity contribution >= 4 is 23.0 Å². The van der Waals surface area contributed by atoms with E-state index in [0.717, 1.165) is 11.1 Å². The van der Waals surface area contributed by atoms with Gasteiger partial charge in [0.25, 0.3) is 0 Å². The smallest absolute Gasteiger partial charge is 0.341 e. The summed E-state index contributed by atoms with van der Waals surface area (Å²) in [5.74, 6) is -0.848. The van der Waals surface area contributed by atoms with Crippen LogP contribution in [0.3, 0.4) is 0 Å². The summed E-state index contributed by atoms with van der Waals surface area (Å²) in [4.78, 5) is 28.3. The van der Waals surface area contributed by atoms with Crippen molar-refractivity contribution in [3.8, 4) is 0 Å². The Morgan fingerprint density at radius 3 is 2.84 bits per heavy atom. The van der Waals surface area contributed by atoms with Gasteiger partial charge in [0.1, 0.15) is 5.56 Å². The van der Waals surface area contributed by atoms with Crippen LogP contribution in [0.1, 0.15) is 39.1 Å². The number of pyridine rings is 1. The average Bonchev–Trinajstić information content (AvgIpc) is 3.17. The van der Waals surface area contributed by atoms with E-state index in [9.17, 15) is 9.59 Å². The summed E-state index contributed by atoms with van der Waals surface area (Å²) in [5.41, 5.74) is 2.00. The first-order valence-electron chi connectivity index (χ1n) is 7.71. The number of hydrogen-bond donors (Lipinski definition) is 0. The van der Waals surface area contributed by atoms with Crippen LogP contribution < -0.4 is 0 Å². The molecular formula is C17H17N3O5. The Kier molecular flexibility index (Phi) is 4.51. The Morgan fingerprint density at radius 1 is 1.28 bits per heavy atom. The van der Waals surface area contributed by atoms with Crippen molar-refractivity contribution in [1.82, 2.24) is 14.8 Å². The molecule has 0 aromatic carbocycles. The van der Waals surface area contributed by atoms with Gasteiger partial charge in [0.05, 0.1) is 24.1 Å². The second-order valence-corrected chi connectivity index (χ2v) is 5.36. The van der Waals surface area contributed by atoms with E-state index in [2.05, 4.69) is 10.1 Å². The van der Waals surface area contributed by atoms with Crippen LogP contribution in [0.4, 0.5) is 0 Å². The summed E-state index contributed by atoms with van der Waals surface area (Å²) in [6, 6.07) is 3.16. The molecule has 0 aliphatic carbocycles. The van der Waals surface area contributed by atoms with Crippen molar-refractivity contribution < 1.29 is 23.5 Å². The van der Waals surface area contributed by atoms with Crippen molar-refractivity contribution in [2.24, 2.45) is 7.05 Å². The van der Waals surface area contributed by atoms with Crippen molar-refractivity contribution in [3.63, 3.8) is 0 Å². The molecule has 0 atom stereocenters. The standard InChI is InChI=1S/C17H17N3O5/c1-4-23-17(22)12-5-6-24-14(12)9-25-16(21)11-7-13-10(2)19-20(3)15(13)18-8-11/h5-8H,4,9H2,1-3H3. The Morgan fingerprint density at radius 2 is 2.08 bits per heavy atom. The lowest BCUT2D eigenvalue weighted by molar-refractivity contribution is 0.0422. The van der Waals surface area contributed by atoms with Gasteiger partial charge in [0, 0.05) is 18.6 Å². The van der Waals surface area contributed by atoms with Crippen molar-refractivity contribution in [3.05, 3.63) is 47.2 Å². The lowest BCUT2D eigenvalue weighted by atomic mass is 10.2. The van der Waals surface area contributed by atoms with E-state index >= 15 is 0 Å². The van der Waals surface area contributed by atoms with Gasteiger partial charge in [-0.3, -0.25) is 4.68 Å². The summed E-state index contributed by atoms with van der Waals surface area (Å²) in [5, 5.41) is 5.04. The molecule has 0 radical (unpaired) electrons. The number of carbonyl (C=O) groups excluding carboxylic acids is 2. The number of aromatic nitrogens is 3. The van der Waals surface area contributed by atoms with Gasteiger partial charge in [0.15, 0.2) is 18.0 Å². The largest absolute Gasteiger partial charge is 0.465 e. The highest BCUT2D eigenvalue weighted by Gasteiger charge is 2.18. The van der Waals surface area contributed by atoms with Gasteiger partial charge in [-0.2, -0.15) is 5.10 Å². The van der Waals surface area contributed by atoms with Crippen LogP contribution in [0.25, 0.3) is 11.0 Å². The molecule has 0 amide bonds. The van der Waals surface area contributed by atoms with E-state index in [-0.39, 0.29) is 24.5 Å². The Balaban J connectivity index is 1.74. The van der Waals surface area contributed by atoms with E-state index < -0.39 is 11.9 Å². The maximum atomic E-state index is 12.3. The summed E-state index contributed by atoms with van der Waals surface area (Å²) in [7, 11) is 1.79. The number of ether oxygens (including phenoxy) is 2. The second kappa shape index (κ2) is 6.76. The SMILES string of the molecule is CCOC(=O)c1ccoc1COC(=O)c1cnc2c(c1)c(C)nn2C. The first kappa shape index (κ1) is 16.7. The van der Waals surface area contributed by atoms with E-state index in [0.29, 0.717) is 11.2 Å². The van der Waals surface area contributed by atoms with Gasteiger partial charge in [-0.1, -0.05) is 0 Å². The summed E-state index contributed by atoms with van der Waals surface area (Å²) >= 11 is 0. The zero-order valence-electron chi connectivity index (χ0n) is 14.1. The van der Waals surface area contributed by atoms with Gasteiger partial charge < -0.3 is 13.9 Å². The molecule has 3 aromatic heterocycles. The predicted molar refractivity (Wildman–Crippen MR) is 87.0 cm³/mol. The van der Waals surface area contributed by atoms with Gasteiger partial charge in [0.2, 0.25) is 0 Å². The Hall–Kier alpha value is -3.16. The summed E-state index contributed by atoms with van der Waals surface area (Å²) in [6.07, 6.45) is 2.78. The molecule has 0 spiro atoms. The van der Waals surface area contributed by atoms with Gasteiger partial charge in [-0.15, -0.1) is 0 Å². The summed E-state index contributed by atoms with van der Waals surface area (Å²) in [6.45, 7) is 3.62. The molecular weight excluding hydrogens is 326 g/mol. The van der Waals surface area contributed by atoms with Crippen LogP contribution in [-0.2, 0) is 23.1 Å². The Labute approximate surface area is 143 Å². The fourth-order valence-electron chi connectivity index (χ4n) is 2.48. The third-order valence-corrected chi connectivity index (χ3v) is 3.67. The maximum absolute atomic E-state index is 12.3. The van der Waals surface area contributed by atoms with Crippen LogP contribution >= 0.6 is 0 Å². The van der Waals surface area contributed by atoms with Crippen LogP contribution in [-0.4, -0.2) is 33.3 Å². The molecule has 3 rings (SSSR count). The molecule has 25 heavy (non-hydrogen) atoms. The maximum Gasteiger partial charge on any atom is 0.341 e. The van der Waals surface area contributed by atoms with E-state index in [1.807, 2.05) is 6.92 Å². The number of nitrogens with zero attached hydrogens (tertiary/aromatic N) is 3. The zero-order valence-corrected chi connectivity index (χ0v) is 14.1. The minimum atomic E-state index is -0.566. The van der Waals surface area contributed by atoms with Crippen LogP contribution in [0, 0.1) is 6.92 Å². The molecule has 3 aromatic rings. The van der Waals surface area contributed by atoms with Gasteiger partial charge in [-0.05, 0) is 26.0 Å². The molecule has 0 N–H and O–H groups in total. The van der Waals surface area contributed by atoms with Crippen molar-refractivity contribution in [1.29, 1.82) is 0 Å². The average molecular weight is 343 g/mol. The molecule has 0 aliphatic heterocycles. The Bertz CT molecular complexity index is 941. The fourth-order valence-corrected chi connectivity index (χ4v) is 2.48. The fraction of sp³-hybridized carbons (Fsp3) is 0.294. The number of aryl methyl sites for hydroxylation is 2. The number of esters is 2. The molecule has 0 fully saturated rings. The van der Waals surface area contributed by atoms with Crippen LogP contribution in [0.5, 0.6) is 0 Å². The minimum absolute atomic E-state index is 0.177. The van der Waals surface area contributed by atoms with Crippen LogP contribution in [0.15, 0.2) is 29.0 Å². The van der Waals surface area contributed by atoms with E-state index in [1.165, 1.54) is 18.5 Å². The highest BCUT2D eigenvalue weighted by molar-refractivity contribution is 5.94. The summed E-state index contributed by atoms with van der Waals surface area (Å²) < 4.78 is 17.0. The highest BCUT2D eigenvalue weighted by atomic mass is 16.5. The molecule has 0 saturated carbocycles. The molecule has 130 valence electrons. The van der Waals surface area contributed by atoms with Crippen molar-refractivity contribution in [2.45, 2.75) is 20.5 Å². The topological polar surface area (TPSA) is 96.5 Å². The van der Waals surface area contributed by atoms with Gasteiger partial charge in [-0.25, -0.2) is 14.6 Å². The molecule has 0 unspecified atom stereocenters. The van der Waals surface area contributed by atoms with E-state index in [4.69, 9.17) is 13.9 Å². The predicted octanol–water partition coefficient (Wildman–Crippen LogP) is 2.40. The third kappa shape index (κ3) is 3.23. The van der Waals surface area contributed by atoms with Crippen LogP contribution in [0.2, 0.25) is 0 Å². The molecule has 8 heteroatoms. The second-order valence-electron chi connectivity index (χ2n) is 5.36. The molecule has 8 nitrogen and oxygen atoms in total. The first-order valence-corrected chi connectivity index (χ1v) is 7.71. The lowest BCUT2D eigenvalue weighted by Gasteiger charge is -2.05. The minimum Gasteiger partial charge on any atom is -0.465 e. The molecule has 0 bridgehead atoms. The lowest BCUT2D eigenvalue weighted by Crippen LogP contribution is -2.10.